The molecule has 0 fully saturated rings. The van der Waals surface area contributed by atoms with Gasteiger partial charge in [0.05, 0.1) is 17.8 Å². The first kappa shape index (κ1) is 16.3. The van der Waals surface area contributed by atoms with Crippen LogP contribution in [-0.2, 0) is 16.1 Å². The number of carbonyl (C=O) groups excluding carboxylic acids is 2. The maximum atomic E-state index is 12.3. The molecule has 6 heteroatoms. The van der Waals surface area contributed by atoms with Crippen LogP contribution in [0.5, 0.6) is 0 Å². The summed E-state index contributed by atoms with van der Waals surface area (Å²) in [6, 6.07) is 14.3. The molecule has 0 saturated carbocycles. The molecule has 0 radical (unpaired) electrons. The van der Waals surface area contributed by atoms with Crippen LogP contribution in [0.2, 0.25) is 5.02 Å². The zero-order chi connectivity index (χ0) is 17.1. The number of nitrogens with one attached hydrogen (secondary N) is 2. The zero-order valence-electron chi connectivity index (χ0n) is 13.3. The summed E-state index contributed by atoms with van der Waals surface area (Å²) in [6.07, 6.45) is 0.0945. The molecule has 5 nitrogen and oxygen atoms in total. The van der Waals surface area contributed by atoms with Gasteiger partial charge in [-0.3, -0.25) is 9.59 Å². The Balaban J connectivity index is 1.63. The summed E-state index contributed by atoms with van der Waals surface area (Å²) in [4.78, 5) is 26.3. The van der Waals surface area contributed by atoms with Crippen molar-refractivity contribution in [1.82, 2.24) is 5.32 Å². The number of carbonyl (C=O) groups is 2. The van der Waals surface area contributed by atoms with Gasteiger partial charge in [0.25, 0.3) is 0 Å². The molecule has 3 rings (SSSR count). The van der Waals surface area contributed by atoms with E-state index in [-0.39, 0.29) is 18.2 Å². The number of anilines is 2. The molecule has 2 aromatic carbocycles. The lowest BCUT2D eigenvalue weighted by molar-refractivity contribution is -0.125. The zero-order valence-corrected chi connectivity index (χ0v) is 14.0. The number of hydrogen-bond acceptors (Lipinski definition) is 3. The number of amides is 2. The van der Waals surface area contributed by atoms with Gasteiger partial charge in [0.15, 0.2) is 0 Å². The van der Waals surface area contributed by atoms with Crippen molar-refractivity contribution in [3.63, 3.8) is 0 Å². The molecule has 0 saturated heterocycles. The van der Waals surface area contributed by atoms with Gasteiger partial charge in [0.1, 0.15) is 6.04 Å². The molecule has 1 aliphatic rings. The van der Waals surface area contributed by atoms with E-state index in [1.807, 2.05) is 48.3 Å². The van der Waals surface area contributed by atoms with Crippen molar-refractivity contribution in [2.75, 3.05) is 17.3 Å². The number of likely N-dealkylation sites (N-methyl/N-ethyl adjacent to an activating group) is 1. The molecule has 1 unspecified atom stereocenters. The third-order valence-electron chi connectivity index (χ3n) is 4.07. The van der Waals surface area contributed by atoms with Gasteiger partial charge in [-0.1, -0.05) is 35.9 Å². The van der Waals surface area contributed by atoms with E-state index in [4.69, 9.17) is 11.6 Å². The second-order valence-electron chi connectivity index (χ2n) is 5.74. The summed E-state index contributed by atoms with van der Waals surface area (Å²) in [5, 5.41) is 6.31. The highest BCUT2D eigenvalue weighted by Gasteiger charge is 2.31. The van der Waals surface area contributed by atoms with Crippen molar-refractivity contribution in [3.05, 3.63) is 59.1 Å². The van der Waals surface area contributed by atoms with Gasteiger partial charge in [-0.25, -0.2) is 0 Å². The summed E-state index contributed by atoms with van der Waals surface area (Å²) in [6.45, 7) is 0.383. The van der Waals surface area contributed by atoms with Gasteiger partial charge in [0, 0.05) is 18.6 Å². The molecule has 124 valence electrons. The van der Waals surface area contributed by atoms with Gasteiger partial charge in [0.2, 0.25) is 11.8 Å². The van der Waals surface area contributed by atoms with E-state index in [1.165, 1.54) is 0 Å². The fourth-order valence-corrected chi connectivity index (χ4v) is 2.98. The Bertz CT molecular complexity index is 778. The number of hydrogen-bond donors (Lipinski definition) is 2. The van der Waals surface area contributed by atoms with E-state index >= 15 is 0 Å². The van der Waals surface area contributed by atoms with Gasteiger partial charge >= 0.3 is 0 Å². The molecule has 2 aromatic rings. The van der Waals surface area contributed by atoms with E-state index in [2.05, 4.69) is 10.6 Å². The quantitative estimate of drug-likeness (QED) is 0.897. The van der Waals surface area contributed by atoms with Crippen molar-refractivity contribution in [1.29, 1.82) is 0 Å². The summed E-state index contributed by atoms with van der Waals surface area (Å²) < 4.78 is 0. The summed E-state index contributed by atoms with van der Waals surface area (Å²) in [5.74, 6) is -0.351. The lowest BCUT2D eigenvalue weighted by Crippen LogP contribution is -2.48. The van der Waals surface area contributed by atoms with Crippen LogP contribution in [0.25, 0.3) is 0 Å². The number of fused-ring (bicyclic) bond motifs is 1. The number of para-hydroxylation sites is 2. The van der Waals surface area contributed by atoms with Crippen LogP contribution in [0, 0.1) is 0 Å². The predicted octanol–water partition coefficient (Wildman–Crippen LogP) is 2.80. The minimum Gasteiger partial charge on any atom is -0.361 e. The Labute approximate surface area is 145 Å². The fraction of sp³-hybridized carbons (Fsp3) is 0.222. The van der Waals surface area contributed by atoms with Crippen LogP contribution in [0.3, 0.4) is 0 Å². The standard InChI is InChI=1S/C18H18ClN3O2/c1-22-15-8-3-2-7-14(15)21-18(24)16(22)10-17(23)20-11-12-5-4-6-13(19)9-12/h2-9,16H,10-11H2,1H3,(H,20,23)(H,21,24). The summed E-state index contributed by atoms with van der Waals surface area (Å²) in [7, 11) is 1.83. The van der Waals surface area contributed by atoms with E-state index < -0.39 is 6.04 Å². The topological polar surface area (TPSA) is 61.4 Å². The molecule has 1 atom stereocenters. The van der Waals surface area contributed by atoms with Gasteiger partial charge in [-0.05, 0) is 29.8 Å². The number of benzene rings is 2. The molecular formula is C18H18ClN3O2. The summed E-state index contributed by atoms with van der Waals surface area (Å²) >= 11 is 5.93. The van der Waals surface area contributed by atoms with E-state index in [1.54, 1.807) is 12.1 Å². The maximum Gasteiger partial charge on any atom is 0.247 e. The van der Waals surface area contributed by atoms with Crippen LogP contribution in [0.15, 0.2) is 48.5 Å². The smallest absolute Gasteiger partial charge is 0.247 e. The molecule has 2 N–H and O–H groups in total. The first-order valence-corrected chi connectivity index (χ1v) is 8.06. The largest absolute Gasteiger partial charge is 0.361 e. The van der Waals surface area contributed by atoms with Crippen molar-refractivity contribution >= 4 is 34.8 Å². The van der Waals surface area contributed by atoms with Crippen LogP contribution in [-0.4, -0.2) is 24.9 Å². The SMILES string of the molecule is CN1c2ccccc2NC(=O)C1CC(=O)NCc1cccc(Cl)c1. The highest BCUT2D eigenvalue weighted by molar-refractivity contribution is 6.30. The monoisotopic (exact) mass is 343 g/mol. The first-order valence-electron chi connectivity index (χ1n) is 7.68. The van der Waals surface area contributed by atoms with Crippen molar-refractivity contribution < 1.29 is 9.59 Å². The average Bonchev–Trinajstić information content (AvgIpc) is 2.57. The Morgan fingerprint density at radius 1 is 1.25 bits per heavy atom. The second-order valence-corrected chi connectivity index (χ2v) is 6.18. The second kappa shape index (κ2) is 6.93. The Hall–Kier alpha value is -2.53. The van der Waals surface area contributed by atoms with Crippen LogP contribution in [0.4, 0.5) is 11.4 Å². The van der Waals surface area contributed by atoms with Crippen LogP contribution >= 0.6 is 11.6 Å². The molecule has 0 bridgehead atoms. The molecule has 0 spiro atoms. The van der Waals surface area contributed by atoms with Crippen LogP contribution < -0.4 is 15.5 Å². The Morgan fingerprint density at radius 3 is 2.83 bits per heavy atom. The first-order chi connectivity index (χ1) is 11.5. The highest BCUT2D eigenvalue weighted by Crippen LogP contribution is 2.31. The lowest BCUT2D eigenvalue weighted by Gasteiger charge is -2.34. The third-order valence-corrected chi connectivity index (χ3v) is 4.30. The average molecular weight is 344 g/mol. The van der Waals surface area contributed by atoms with E-state index in [0.717, 1.165) is 16.9 Å². The molecule has 24 heavy (non-hydrogen) atoms. The number of rotatable bonds is 4. The minimum atomic E-state index is -0.528. The van der Waals surface area contributed by atoms with E-state index in [0.29, 0.717) is 11.6 Å². The van der Waals surface area contributed by atoms with Gasteiger partial charge in [-0.2, -0.15) is 0 Å². The van der Waals surface area contributed by atoms with Crippen molar-refractivity contribution in [2.24, 2.45) is 0 Å². The minimum absolute atomic E-state index is 0.0945. The Morgan fingerprint density at radius 2 is 2.04 bits per heavy atom. The molecule has 1 heterocycles. The summed E-state index contributed by atoms with van der Waals surface area (Å²) in [5.41, 5.74) is 2.59. The van der Waals surface area contributed by atoms with E-state index in [9.17, 15) is 9.59 Å². The molecule has 0 aliphatic carbocycles. The molecule has 1 aliphatic heterocycles. The normalized spacial score (nSPS) is 16.3. The Kier molecular flexibility index (Phi) is 4.71. The van der Waals surface area contributed by atoms with Gasteiger partial charge < -0.3 is 15.5 Å². The molecular weight excluding hydrogens is 326 g/mol. The van der Waals surface area contributed by atoms with Crippen molar-refractivity contribution in [3.8, 4) is 0 Å². The molecule has 2 amide bonds. The number of nitrogens with zero attached hydrogens (tertiary/aromatic N) is 1. The maximum absolute atomic E-state index is 12.3. The lowest BCUT2D eigenvalue weighted by atomic mass is 10.1. The van der Waals surface area contributed by atoms with Crippen molar-refractivity contribution in [2.45, 2.75) is 19.0 Å². The fourth-order valence-electron chi connectivity index (χ4n) is 2.77. The number of halogens is 1. The molecule has 0 aromatic heterocycles. The third kappa shape index (κ3) is 3.51. The van der Waals surface area contributed by atoms with Crippen LogP contribution in [0.1, 0.15) is 12.0 Å². The highest BCUT2D eigenvalue weighted by atomic mass is 35.5. The van der Waals surface area contributed by atoms with Gasteiger partial charge in [-0.15, -0.1) is 0 Å². The predicted molar refractivity (Wildman–Crippen MR) is 95.2 cm³/mol.